The van der Waals surface area contributed by atoms with E-state index in [2.05, 4.69) is 23.7 Å². The number of halogens is 2. The van der Waals surface area contributed by atoms with Crippen LogP contribution in [-0.2, 0) is 32.2 Å². The third-order valence-corrected chi connectivity index (χ3v) is 6.04. The number of hydrogen-bond donors (Lipinski definition) is 0. The van der Waals surface area contributed by atoms with E-state index in [0.717, 1.165) is 11.1 Å². The average Bonchev–Trinajstić information content (AvgIpc) is 2.89. The van der Waals surface area contributed by atoms with Crippen LogP contribution in [-0.4, -0.2) is 38.6 Å². The first-order valence-corrected chi connectivity index (χ1v) is 11.7. The summed E-state index contributed by atoms with van der Waals surface area (Å²) in [7, 11) is 2.41. The second kappa shape index (κ2) is 16.4. The van der Waals surface area contributed by atoms with Gasteiger partial charge in [-0.15, -0.1) is 0 Å². The third kappa shape index (κ3) is 8.13. The fourth-order valence-electron chi connectivity index (χ4n) is 3.43. The molecule has 0 amide bonds. The van der Waals surface area contributed by atoms with Gasteiger partial charge in [0, 0.05) is 0 Å². The Morgan fingerprint density at radius 2 is 1.00 bits per heavy atom. The van der Waals surface area contributed by atoms with E-state index in [9.17, 15) is 10.2 Å². The maximum absolute atomic E-state index is 13.7. The van der Waals surface area contributed by atoms with Gasteiger partial charge in [0.1, 0.15) is 24.7 Å². The van der Waals surface area contributed by atoms with Gasteiger partial charge < -0.3 is 29.2 Å². The van der Waals surface area contributed by atoms with Crippen molar-refractivity contribution in [2.24, 2.45) is 0 Å². The Labute approximate surface area is 257 Å². The van der Waals surface area contributed by atoms with Crippen LogP contribution in [0.1, 0.15) is 11.1 Å². The van der Waals surface area contributed by atoms with E-state index in [1.165, 1.54) is 14.2 Å². The smallest absolute Gasteiger partial charge is 0.830 e. The molecule has 38 heavy (non-hydrogen) atoms. The number of rotatable bonds is 8. The van der Waals surface area contributed by atoms with Crippen LogP contribution in [0.3, 0.4) is 0 Å². The summed E-state index contributed by atoms with van der Waals surface area (Å²) in [5, 5.41) is 26.3. The molecule has 0 radical (unpaired) electrons. The van der Waals surface area contributed by atoms with E-state index in [-0.39, 0.29) is 50.9 Å². The third-order valence-electron chi connectivity index (χ3n) is 5.17. The first kappa shape index (κ1) is 34.3. The summed E-state index contributed by atoms with van der Waals surface area (Å²) in [5.41, 5.74) is -3.02. The Kier molecular flexibility index (Phi) is 14.8. The largest absolute Gasteiger partial charge is 1.00 e. The molecule has 10 heteroatoms. The standard InChI is InChI=1S/C28H24Cl2O6.2Li/c1-33-25-23(29)28(32,16-10-18-36-20-22-13-7-4-8-14-22)26(34-2)24(30)27(25,31)15-9-17-35-19-21-11-5-3-6-12-21;;/h3-8,11-14H,17-20H2,1-2H3;;/q-2;2*+1. The van der Waals surface area contributed by atoms with Gasteiger partial charge in [0.05, 0.1) is 48.7 Å². The Morgan fingerprint density at radius 3 is 1.32 bits per heavy atom. The van der Waals surface area contributed by atoms with Gasteiger partial charge in [0.25, 0.3) is 0 Å². The predicted octanol–water partition coefficient (Wildman–Crippen LogP) is -3.16. The van der Waals surface area contributed by atoms with Crippen molar-refractivity contribution in [2.75, 3.05) is 27.4 Å². The SMILES string of the molecule is COC1=C(Cl)C([O-])(C#CCOCc2ccccc2)C(OC)=C(Cl)C1([O-])C#CCOCc1ccccc1.[Li+].[Li+]. The summed E-state index contributed by atoms with van der Waals surface area (Å²) in [4.78, 5) is 0. The Balaban J connectivity index is 0.00000361. The van der Waals surface area contributed by atoms with Crippen LogP contribution in [0.5, 0.6) is 0 Å². The minimum atomic E-state index is -2.46. The minimum Gasteiger partial charge on any atom is -0.830 e. The van der Waals surface area contributed by atoms with Gasteiger partial charge in [0.2, 0.25) is 0 Å². The maximum atomic E-state index is 13.7. The van der Waals surface area contributed by atoms with Gasteiger partial charge >= 0.3 is 37.7 Å². The van der Waals surface area contributed by atoms with E-state index in [1.54, 1.807) is 0 Å². The summed E-state index contributed by atoms with van der Waals surface area (Å²) in [6.07, 6.45) is 0. The van der Waals surface area contributed by atoms with Crippen molar-refractivity contribution in [3.8, 4) is 23.7 Å². The Morgan fingerprint density at radius 1 is 0.658 bits per heavy atom. The first-order valence-electron chi connectivity index (χ1n) is 10.9. The number of hydrogen-bond acceptors (Lipinski definition) is 6. The minimum absolute atomic E-state index is 0. The molecule has 0 aliphatic heterocycles. The van der Waals surface area contributed by atoms with Crippen molar-refractivity contribution in [1.82, 2.24) is 0 Å². The molecular weight excluding hydrogens is 517 g/mol. The summed E-state index contributed by atoms with van der Waals surface area (Å²) in [6, 6.07) is 19.0. The monoisotopic (exact) mass is 540 g/mol. The van der Waals surface area contributed by atoms with Crippen molar-refractivity contribution >= 4 is 23.2 Å². The normalized spacial score (nSPS) is 20.2. The second-order valence-electron chi connectivity index (χ2n) is 7.62. The van der Waals surface area contributed by atoms with Crippen molar-refractivity contribution < 1.29 is 66.9 Å². The van der Waals surface area contributed by atoms with Crippen molar-refractivity contribution in [3.05, 3.63) is 93.4 Å². The summed E-state index contributed by atoms with van der Waals surface area (Å²) >= 11 is 12.7. The molecule has 6 nitrogen and oxygen atoms in total. The molecule has 0 bridgehead atoms. The molecule has 188 valence electrons. The Hall–Kier alpha value is -1.75. The molecule has 2 atom stereocenters. The van der Waals surface area contributed by atoms with E-state index in [0.29, 0.717) is 13.2 Å². The van der Waals surface area contributed by atoms with Crippen molar-refractivity contribution in [1.29, 1.82) is 0 Å². The first-order chi connectivity index (χ1) is 17.4. The fraction of sp³-hybridized carbons (Fsp3) is 0.286. The second-order valence-corrected chi connectivity index (χ2v) is 8.37. The molecule has 1 aliphatic carbocycles. The van der Waals surface area contributed by atoms with Gasteiger partial charge in [-0.1, -0.05) is 108 Å². The van der Waals surface area contributed by atoms with E-state index < -0.39 is 32.8 Å². The number of methoxy groups -OCH3 is 2. The van der Waals surface area contributed by atoms with Crippen LogP contribution < -0.4 is 47.9 Å². The van der Waals surface area contributed by atoms with E-state index >= 15 is 0 Å². The molecule has 0 fully saturated rings. The quantitative estimate of drug-likeness (QED) is 0.200. The van der Waals surface area contributed by atoms with Gasteiger partial charge in [-0.2, -0.15) is 0 Å². The zero-order chi connectivity index (χ0) is 26.0. The zero-order valence-corrected chi connectivity index (χ0v) is 23.3. The summed E-state index contributed by atoms with van der Waals surface area (Å²) < 4.78 is 21.4. The van der Waals surface area contributed by atoms with Crippen LogP contribution in [0.2, 0.25) is 0 Å². The molecule has 0 spiro atoms. The molecule has 1 aliphatic rings. The van der Waals surface area contributed by atoms with Crippen LogP contribution in [0.15, 0.2) is 82.2 Å². The van der Waals surface area contributed by atoms with Gasteiger partial charge in [-0.05, 0) is 11.1 Å². The summed E-state index contributed by atoms with van der Waals surface area (Å²) in [5.74, 6) is 9.35. The molecule has 0 aromatic heterocycles. The molecule has 0 N–H and O–H groups in total. The predicted molar refractivity (Wildman–Crippen MR) is 133 cm³/mol. The topological polar surface area (TPSA) is 83.0 Å². The van der Waals surface area contributed by atoms with Crippen LogP contribution >= 0.6 is 23.2 Å². The maximum Gasteiger partial charge on any atom is 1.00 e. The molecule has 2 aromatic rings. The van der Waals surface area contributed by atoms with Crippen molar-refractivity contribution in [3.63, 3.8) is 0 Å². The summed E-state index contributed by atoms with van der Waals surface area (Å²) in [6.45, 7) is 0.517. The van der Waals surface area contributed by atoms with Crippen LogP contribution in [0.25, 0.3) is 0 Å². The molecule has 2 unspecified atom stereocenters. The van der Waals surface area contributed by atoms with Crippen LogP contribution in [0, 0.1) is 23.7 Å². The average molecular weight is 541 g/mol. The molecule has 0 heterocycles. The molecular formula is C28H24Cl2Li2O6. The van der Waals surface area contributed by atoms with Gasteiger partial charge in [-0.3, -0.25) is 0 Å². The van der Waals surface area contributed by atoms with Gasteiger partial charge in [-0.25, -0.2) is 0 Å². The molecule has 2 aromatic carbocycles. The van der Waals surface area contributed by atoms with Crippen LogP contribution in [0.4, 0.5) is 0 Å². The van der Waals surface area contributed by atoms with Crippen molar-refractivity contribution in [2.45, 2.75) is 24.4 Å². The van der Waals surface area contributed by atoms with E-state index in [1.807, 2.05) is 60.7 Å². The molecule has 0 saturated carbocycles. The zero-order valence-electron chi connectivity index (χ0n) is 21.8. The van der Waals surface area contributed by atoms with Gasteiger partial charge in [0.15, 0.2) is 0 Å². The molecule has 3 rings (SSSR count). The van der Waals surface area contributed by atoms with E-state index in [4.69, 9.17) is 42.1 Å². The molecule has 0 saturated heterocycles. The number of ether oxygens (including phenoxy) is 4. The Bertz CT molecular complexity index is 1130. The fourth-order valence-corrected chi connectivity index (χ4v) is 4.11. The number of benzene rings is 2.